The van der Waals surface area contributed by atoms with Gasteiger partial charge in [-0.3, -0.25) is 4.79 Å². The van der Waals surface area contributed by atoms with Crippen LogP contribution in [0.25, 0.3) is 10.2 Å². The Kier molecular flexibility index (Phi) is 6.24. The molecule has 0 aliphatic carbocycles. The van der Waals surface area contributed by atoms with E-state index in [2.05, 4.69) is 31.1 Å². The molecule has 3 heterocycles. The zero-order valence-corrected chi connectivity index (χ0v) is 19.8. The number of piperidine rings is 1. The number of amides is 1. The molecule has 1 fully saturated rings. The maximum absolute atomic E-state index is 13.1. The molecule has 1 aromatic carbocycles. The highest BCUT2D eigenvalue weighted by molar-refractivity contribution is 9.10. The van der Waals surface area contributed by atoms with E-state index in [4.69, 9.17) is 9.72 Å². The van der Waals surface area contributed by atoms with Gasteiger partial charge in [0, 0.05) is 29.7 Å². The van der Waals surface area contributed by atoms with E-state index in [0.717, 1.165) is 56.3 Å². The van der Waals surface area contributed by atoms with Crippen LogP contribution >= 0.6 is 27.3 Å². The van der Waals surface area contributed by atoms with Crippen LogP contribution in [-0.2, 0) is 6.54 Å². The van der Waals surface area contributed by atoms with E-state index in [1.54, 1.807) is 7.11 Å². The Bertz CT molecular complexity index is 1090. The molecule has 0 saturated carbocycles. The maximum Gasteiger partial charge on any atom is 0.261 e. The molecule has 1 amide bonds. The number of thiophene rings is 1. The fourth-order valence-corrected chi connectivity index (χ4v) is 5.46. The maximum atomic E-state index is 13.1. The summed E-state index contributed by atoms with van der Waals surface area (Å²) in [7, 11) is 1.63. The number of ether oxygens (including phenoxy) is 1. The summed E-state index contributed by atoms with van der Waals surface area (Å²) in [5.41, 5.74) is 1.87. The number of anilines is 1. The van der Waals surface area contributed by atoms with Gasteiger partial charge in [0.1, 0.15) is 22.2 Å². The molecule has 8 heteroatoms. The number of halogens is 1. The number of benzene rings is 1. The number of rotatable bonds is 5. The number of aryl methyl sites for hydroxylation is 2. The van der Waals surface area contributed by atoms with Crippen molar-refractivity contribution in [1.29, 1.82) is 0 Å². The zero-order chi connectivity index (χ0) is 21.3. The van der Waals surface area contributed by atoms with Crippen molar-refractivity contribution in [2.24, 2.45) is 0 Å². The van der Waals surface area contributed by atoms with Crippen LogP contribution in [0.5, 0.6) is 5.75 Å². The number of nitrogens with zero attached hydrogens (tertiary/aromatic N) is 3. The van der Waals surface area contributed by atoms with Crippen LogP contribution in [0.4, 0.5) is 5.82 Å². The topological polar surface area (TPSA) is 67.3 Å². The number of fused-ring (bicyclic) bond motifs is 1. The smallest absolute Gasteiger partial charge is 0.261 e. The van der Waals surface area contributed by atoms with E-state index in [0.29, 0.717) is 11.4 Å². The highest BCUT2D eigenvalue weighted by Crippen LogP contribution is 2.36. The van der Waals surface area contributed by atoms with Crippen LogP contribution in [0.2, 0.25) is 0 Å². The van der Waals surface area contributed by atoms with Crippen molar-refractivity contribution in [3.8, 4) is 5.75 Å². The Morgan fingerprint density at radius 3 is 2.73 bits per heavy atom. The number of nitrogens with one attached hydrogen (secondary N) is 1. The Morgan fingerprint density at radius 2 is 2.00 bits per heavy atom. The fraction of sp³-hybridized carbons (Fsp3) is 0.409. The third-order valence-electron chi connectivity index (χ3n) is 5.43. The molecule has 1 N–H and O–H groups in total. The van der Waals surface area contributed by atoms with E-state index >= 15 is 0 Å². The largest absolute Gasteiger partial charge is 0.496 e. The summed E-state index contributed by atoms with van der Waals surface area (Å²) in [5, 5.41) is 4.05. The van der Waals surface area contributed by atoms with Crippen LogP contribution in [-0.4, -0.2) is 36.1 Å². The first-order chi connectivity index (χ1) is 14.5. The van der Waals surface area contributed by atoms with Crippen LogP contribution in [0.3, 0.4) is 0 Å². The third kappa shape index (κ3) is 4.16. The molecule has 1 aliphatic heterocycles. The highest BCUT2D eigenvalue weighted by atomic mass is 79.9. The average Bonchev–Trinajstić information content (AvgIpc) is 3.08. The van der Waals surface area contributed by atoms with Gasteiger partial charge in [0.05, 0.1) is 17.4 Å². The quantitative estimate of drug-likeness (QED) is 0.547. The second-order valence-corrected chi connectivity index (χ2v) is 9.43. The standard InChI is InChI=1S/C22H25BrN4O2S/c1-13-18-20(27-9-5-4-6-10-27)25-14(2)26-22(18)30-19(13)21(28)24-12-15-11-16(23)7-8-17(15)29-3/h7-8,11H,4-6,9-10,12H2,1-3H3,(H,24,28). The van der Waals surface area contributed by atoms with E-state index in [-0.39, 0.29) is 5.91 Å². The first kappa shape index (κ1) is 21.1. The molecular formula is C22H25BrN4O2S. The summed E-state index contributed by atoms with van der Waals surface area (Å²) in [5.74, 6) is 2.37. The summed E-state index contributed by atoms with van der Waals surface area (Å²) >= 11 is 4.92. The number of methoxy groups -OCH3 is 1. The fourth-order valence-electron chi connectivity index (χ4n) is 3.91. The van der Waals surface area contributed by atoms with Crippen molar-refractivity contribution in [1.82, 2.24) is 15.3 Å². The lowest BCUT2D eigenvalue weighted by atomic mass is 10.1. The van der Waals surface area contributed by atoms with Crippen LogP contribution in [0.15, 0.2) is 22.7 Å². The molecule has 6 nitrogen and oxygen atoms in total. The highest BCUT2D eigenvalue weighted by Gasteiger charge is 2.23. The number of carbonyl (C=O) groups excluding carboxylic acids is 1. The molecule has 0 bridgehead atoms. The van der Waals surface area contributed by atoms with Gasteiger partial charge in [-0.05, 0) is 56.9 Å². The third-order valence-corrected chi connectivity index (χ3v) is 7.10. The molecule has 0 spiro atoms. The Hall–Kier alpha value is -2.19. The Balaban J connectivity index is 1.64. The number of hydrogen-bond donors (Lipinski definition) is 1. The van der Waals surface area contributed by atoms with E-state index in [1.807, 2.05) is 32.0 Å². The predicted molar refractivity (Wildman–Crippen MR) is 125 cm³/mol. The lowest BCUT2D eigenvalue weighted by Crippen LogP contribution is -2.30. The van der Waals surface area contributed by atoms with Gasteiger partial charge in [-0.2, -0.15) is 0 Å². The molecule has 0 atom stereocenters. The second kappa shape index (κ2) is 8.89. The van der Waals surface area contributed by atoms with Gasteiger partial charge in [-0.25, -0.2) is 9.97 Å². The minimum Gasteiger partial charge on any atom is -0.496 e. The van der Waals surface area contributed by atoms with Crippen molar-refractivity contribution in [3.63, 3.8) is 0 Å². The number of hydrogen-bond acceptors (Lipinski definition) is 6. The molecular weight excluding hydrogens is 464 g/mol. The summed E-state index contributed by atoms with van der Waals surface area (Å²) < 4.78 is 6.36. The molecule has 4 rings (SSSR count). The van der Waals surface area contributed by atoms with Gasteiger partial charge < -0.3 is 15.0 Å². The number of aromatic nitrogens is 2. The van der Waals surface area contributed by atoms with Crippen molar-refractivity contribution < 1.29 is 9.53 Å². The lowest BCUT2D eigenvalue weighted by Gasteiger charge is -2.28. The second-order valence-electron chi connectivity index (χ2n) is 7.52. The SMILES string of the molecule is COc1ccc(Br)cc1CNC(=O)c1sc2nc(C)nc(N3CCCCC3)c2c1C. The molecule has 0 unspecified atom stereocenters. The minimum atomic E-state index is -0.0974. The van der Waals surface area contributed by atoms with E-state index in [1.165, 1.54) is 30.6 Å². The van der Waals surface area contributed by atoms with Crippen LogP contribution in [0.1, 0.15) is 45.9 Å². The summed E-state index contributed by atoms with van der Waals surface area (Å²) in [4.78, 5) is 26.3. The summed E-state index contributed by atoms with van der Waals surface area (Å²) in [6.07, 6.45) is 3.62. The molecule has 30 heavy (non-hydrogen) atoms. The van der Waals surface area contributed by atoms with Crippen molar-refractivity contribution in [3.05, 3.63) is 44.5 Å². The van der Waals surface area contributed by atoms with Gasteiger partial charge in [-0.1, -0.05) is 15.9 Å². The monoisotopic (exact) mass is 488 g/mol. The molecule has 1 aliphatic rings. The normalized spacial score (nSPS) is 14.2. The molecule has 2 aromatic heterocycles. The van der Waals surface area contributed by atoms with Gasteiger partial charge in [0.2, 0.25) is 0 Å². The average molecular weight is 489 g/mol. The van der Waals surface area contributed by atoms with Crippen LogP contribution in [0, 0.1) is 13.8 Å². The molecule has 0 radical (unpaired) electrons. The van der Waals surface area contributed by atoms with Gasteiger partial charge in [0.25, 0.3) is 5.91 Å². The van der Waals surface area contributed by atoms with Crippen LogP contribution < -0.4 is 15.0 Å². The minimum absolute atomic E-state index is 0.0974. The van der Waals surface area contributed by atoms with Gasteiger partial charge in [0.15, 0.2) is 0 Å². The zero-order valence-electron chi connectivity index (χ0n) is 17.4. The lowest BCUT2D eigenvalue weighted by molar-refractivity contribution is 0.0954. The first-order valence-electron chi connectivity index (χ1n) is 10.1. The van der Waals surface area contributed by atoms with Crippen molar-refractivity contribution in [2.75, 3.05) is 25.1 Å². The van der Waals surface area contributed by atoms with Crippen molar-refractivity contribution >= 4 is 49.2 Å². The summed E-state index contributed by atoms with van der Waals surface area (Å²) in [6, 6.07) is 5.77. The number of carbonyl (C=O) groups is 1. The molecule has 3 aromatic rings. The Labute approximate surface area is 188 Å². The molecule has 1 saturated heterocycles. The predicted octanol–water partition coefficient (Wildman–Crippen LogP) is 5.00. The van der Waals surface area contributed by atoms with Crippen molar-refractivity contribution in [2.45, 2.75) is 39.7 Å². The van der Waals surface area contributed by atoms with E-state index < -0.39 is 0 Å². The Morgan fingerprint density at radius 1 is 1.23 bits per heavy atom. The van der Waals surface area contributed by atoms with Gasteiger partial charge >= 0.3 is 0 Å². The summed E-state index contributed by atoms with van der Waals surface area (Å²) in [6.45, 7) is 6.32. The first-order valence-corrected chi connectivity index (χ1v) is 11.7. The van der Waals surface area contributed by atoms with E-state index in [9.17, 15) is 4.79 Å². The van der Waals surface area contributed by atoms with Gasteiger partial charge in [-0.15, -0.1) is 11.3 Å². The molecule has 158 valence electrons.